The molecule has 11 heteroatoms. The van der Waals surface area contributed by atoms with Crippen LogP contribution in [0.3, 0.4) is 0 Å². The molecule has 210 valence electrons. The van der Waals surface area contributed by atoms with Crippen LogP contribution >= 0.6 is 50.5 Å². The van der Waals surface area contributed by atoms with Crippen LogP contribution in [0.1, 0.15) is 36.6 Å². The van der Waals surface area contributed by atoms with Gasteiger partial charge in [0.15, 0.2) is 4.80 Å². The van der Waals surface area contributed by atoms with Crippen LogP contribution in [0.2, 0.25) is 10.0 Å². The Morgan fingerprint density at radius 2 is 1.88 bits per heavy atom. The van der Waals surface area contributed by atoms with Gasteiger partial charge in [0.1, 0.15) is 18.2 Å². The molecule has 0 N–H and O–H groups in total. The molecule has 0 spiro atoms. The van der Waals surface area contributed by atoms with Crippen molar-refractivity contribution in [1.82, 2.24) is 4.57 Å². The molecule has 1 aromatic heterocycles. The van der Waals surface area contributed by atoms with Gasteiger partial charge in [-0.2, -0.15) is 0 Å². The van der Waals surface area contributed by atoms with E-state index < -0.39 is 17.8 Å². The average molecular weight is 676 g/mol. The second-order valence-electron chi connectivity index (χ2n) is 9.08. The maximum Gasteiger partial charge on any atom is 0.338 e. The first-order valence-corrected chi connectivity index (χ1v) is 14.8. The molecular weight excluding hydrogens is 654 g/mol. The zero-order valence-electron chi connectivity index (χ0n) is 21.8. The monoisotopic (exact) mass is 674 g/mol. The zero-order chi connectivity index (χ0) is 29.3. The molecule has 1 aliphatic rings. The van der Waals surface area contributed by atoms with Gasteiger partial charge in [-0.1, -0.05) is 58.8 Å². The molecule has 0 radical (unpaired) electrons. The number of rotatable bonds is 7. The first-order valence-electron chi connectivity index (χ1n) is 12.5. The number of nitrogens with zero attached hydrogens (tertiary/aromatic N) is 2. The second kappa shape index (κ2) is 12.3. The molecule has 0 bridgehead atoms. The van der Waals surface area contributed by atoms with Crippen molar-refractivity contribution < 1.29 is 18.7 Å². The highest BCUT2D eigenvalue weighted by Crippen LogP contribution is 2.31. The number of carbonyl (C=O) groups is 1. The zero-order valence-corrected chi connectivity index (χ0v) is 25.7. The molecule has 0 fully saturated rings. The predicted molar refractivity (Wildman–Crippen MR) is 162 cm³/mol. The summed E-state index contributed by atoms with van der Waals surface area (Å²) < 4.78 is 27.5. The van der Waals surface area contributed by atoms with Crippen LogP contribution in [0.5, 0.6) is 5.75 Å². The van der Waals surface area contributed by atoms with Crippen LogP contribution in [0.15, 0.2) is 86.2 Å². The van der Waals surface area contributed by atoms with Crippen molar-refractivity contribution in [3.63, 3.8) is 0 Å². The van der Waals surface area contributed by atoms with Crippen LogP contribution in [-0.4, -0.2) is 17.1 Å². The Balaban J connectivity index is 1.50. The van der Waals surface area contributed by atoms with Gasteiger partial charge in [0.2, 0.25) is 0 Å². The lowest BCUT2D eigenvalue weighted by Gasteiger charge is -2.24. The number of esters is 1. The summed E-state index contributed by atoms with van der Waals surface area (Å²) >= 11 is 16.8. The standard InChI is InChI=1S/C30H22BrCl2FN2O4S/c1-3-39-29(38)26-16(2)35-30-36(27(26)19-6-8-20(34)9-7-19)28(37)25(41-30)14-17-5-11-24(21(31)12-17)40-15-18-4-10-22(32)23(33)13-18/h4-14,27H,3,15H2,1-2H3/b25-14-/t27-/m0/s1. The molecule has 0 saturated heterocycles. The highest BCUT2D eigenvalue weighted by atomic mass is 79.9. The van der Waals surface area contributed by atoms with Crippen LogP contribution in [0.4, 0.5) is 4.39 Å². The first-order chi connectivity index (χ1) is 19.7. The maximum absolute atomic E-state index is 13.7. The number of thiazole rings is 1. The number of allylic oxidation sites excluding steroid dienone is 1. The SMILES string of the molecule is CCOC(=O)C1=C(C)N=c2s/c(=C\c3ccc(OCc4ccc(Cl)c(Cl)c4)c(Br)c3)c(=O)n2[C@H]1c1ccc(F)cc1. The summed E-state index contributed by atoms with van der Waals surface area (Å²) in [4.78, 5) is 31.7. The maximum atomic E-state index is 13.7. The van der Waals surface area contributed by atoms with Crippen LogP contribution in [0, 0.1) is 5.82 Å². The molecule has 5 rings (SSSR count). The van der Waals surface area contributed by atoms with Crippen molar-refractivity contribution in [2.24, 2.45) is 4.99 Å². The highest BCUT2D eigenvalue weighted by molar-refractivity contribution is 9.10. The Morgan fingerprint density at radius 3 is 2.56 bits per heavy atom. The number of ether oxygens (including phenoxy) is 2. The van der Waals surface area contributed by atoms with Gasteiger partial charge in [-0.3, -0.25) is 9.36 Å². The normalized spacial score (nSPS) is 15.0. The van der Waals surface area contributed by atoms with Crippen molar-refractivity contribution in [1.29, 1.82) is 0 Å². The molecular formula is C30H22BrCl2FN2O4S. The molecule has 0 amide bonds. The molecule has 1 atom stereocenters. The number of halogens is 4. The molecule has 0 saturated carbocycles. The number of carbonyl (C=O) groups excluding carboxylic acids is 1. The van der Waals surface area contributed by atoms with E-state index in [9.17, 15) is 14.0 Å². The number of aromatic nitrogens is 1. The molecule has 41 heavy (non-hydrogen) atoms. The van der Waals surface area contributed by atoms with E-state index in [-0.39, 0.29) is 17.7 Å². The quantitative estimate of drug-likeness (QED) is 0.208. The van der Waals surface area contributed by atoms with E-state index in [1.807, 2.05) is 18.2 Å². The van der Waals surface area contributed by atoms with Gasteiger partial charge in [0, 0.05) is 0 Å². The molecule has 3 aromatic carbocycles. The Hall–Kier alpha value is -3.24. The first kappa shape index (κ1) is 29.3. The third-order valence-electron chi connectivity index (χ3n) is 6.33. The predicted octanol–water partition coefficient (Wildman–Crippen LogP) is 6.59. The van der Waals surface area contributed by atoms with Crippen molar-refractivity contribution in [3.8, 4) is 5.75 Å². The van der Waals surface area contributed by atoms with E-state index in [4.69, 9.17) is 32.7 Å². The van der Waals surface area contributed by atoms with Gasteiger partial charge in [-0.15, -0.1) is 0 Å². The Labute approximate surface area is 257 Å². The summed E-state index contributed by atoms with van der Waals surface area (Å²) in [6.07, 6.45) is 1.75. The summed E-state index contributed by atoms with van der Waals surface area (Å²) in [6, 6.07) is 15.7. The fraction of sp³-hybridized carbons (Fsp3) is 0.167. The lowest BCUT2D eigenvalue weighted by molar-refractivity contribution is -0.139. The van der Waals surface area contributed by atoms with E-state index >= 15 is 0 Å². The van der Waals surface area contributed by atoms with Gasteiger partial charge in [-0.25, -0.2) is 14.2 Å². The van der Waals surface area contributed by atoms with Crippen LogP contribution < -0.4 is 19.6 Å². The topological polar surface area (TPSA) is 69.9 Å². The van der Waals surface area contributed by atoms with Crippen molar-refractivity contribution in [2.75, 3.05) is 6.61 Å². The lowest BCUT2D eigenvalue weighted by Crippen LogP contribution is -2.39. The van der Waals surface area contributed by atoms with Crippen LogP contribution in [-0.2, 0) is 16.1 Å². The Bertz CT molecular complexity index is 1870. The largest absolute Gasteiger partial charge is 0.488 e. The number of hydrogen-bond donors (Lipinski definition) is 0. The fourth-order valence-electron chi connectivity index (χ4n) is 4.42. The van der Waals surface area contributed by atoms with Crippen molar-refractivity contribution in [2.45, 2.75) is 26.5 Å². The average Bonchev–Trinajstić information content (AvgIpc) is 3.24. The van der Waals surface area contributed by atoms with E-state index in [1.165, 1.54) is 28.0 Å². The van der Waals surface area contributed by atoms with Gasteiger partial charge < -0.3 is 9.47 Å². The molecule has 1 aliphatic heterocycles. The number of fused-ring (bicyclic) bond motifs is 1. The summed E-state index contributed by atoms with van der Waals surface area (Å²) in [5, 5.41) is 0.928. The van der Waals surface area contributed by atoms with Gasteiger partial charge in [0.25, 0.3) is 5.56 Å². The van der Waals surface area contributed by atoms with Crippen molar-refractivity contribution in [3.05, 3.63) is 129 Å². The minimum absolute atomic E-state index is 0.165. The third kappa shape index (κ3) is 6.18. The lowest BCUT2D eigenvalue weighted by atomic mass is 9.96. The van der Waals surface area contributed by atoms with Gasteiger partial charge in [0.05, 0.1) is 43.0 Å². The highest BCUT2D eigenvalue weighted by Gasteiger charge is 2.33. The number of benzene rings is 3. The summed E-state index contributed by atoms with van der Waals surface area (Å²) in [7, 11) is 0. The second-order valence-corrected chi connectivity index (χ2v) is 11.8. The fourth-order valence-corrected chi connectivity index (χ4v) is 6.30. The smallest absolute Gasteiger partial charge is 0.338 e. The van der Waals surface area contributed by atoms with E-state index in [0.29, 0.717) is 47.5 Å². The minimum atomic E-state index is -0.808. The van der Waals surface area contributed by atoms with E-state index in [1.54, 1.807) is 50.3 Å². The Kier molecular flexibility index (Phi) is 8.79. The summed E-state index contributed by atoms with van der Waals surface area (Å²) in [5.41, 5.74) is 2.55. The molecule has 4 aromatic rings. The molecule has 2 heterocycles. The number of hydrogen-bond acceptors (Lipinski definition) is 6. The summed E-state index contributed by atoms with van der Waals surface area (Å²) in [6.45, 7) is 3.86. The third-order valence-corrected chi connectivity index (χ3v) is 8.68. The van der Waals surface area contributed by atoms with Gasteiger partial charge in [-0.05, 0) is 88.9 Å². The molecule has 0 unspecified atom stereocenters. The van der Waals surface area contributed by atoms with Gasteiger partial charge >= 0.3 is 5.97 Å². The van der Waals surface area contributed by atoms with E-state index in [0.717, 1.165) is 11.1 Å². The molecule has 0 aliphatic carbocycles. The molecule has 6 nitrogen and oxygen atoms in total. The van der Waals surface area contributed by atoms with Crippen LogP contribution in [0.25, 0.3) is 6.08 Å². The minimum Gasteiger partial charge on any atom is -0.488 e. The van der Waals surface area contributed by atoms with E-state index in [2.05, 4.69) is 20.9 Å². The summed E-state index contributed by atoms with van der Waals surface area (Å²) in [5.74, 6) is -0.382. The van der Waals surface area contributed by atoms with Crippen molar-refractivity contribution >= 4 is 62.5 Å². The Morgan fingerprint density at radius 1 is 1.12 bits per heavy atom.